The zero-order valence-electron chi connectivity index (χ0n) is 16.1. The van der Waals surface area contributed by atoms with Crippen molar-refractivity contribution in [2.45, 2.75) is 31.1 Å². The molecule has 0 aliphatic carbocycles. The van der Waals surface area contributed by atoms with Gasteiger partial charge in [0.1, 0.15) is 6.04 Å². The standard InChI is InChI=1S/C21H22F3NO4/c1-28-17-9-8-14(12-18(17)29-2)19(25-10-4-7-16(25)20(26)27)13-5-3-6-15(11-13)21(22,23)24/h3,5-6,8-9,11-12,16,19H,4,7,10H2,1-2H3,(H,26,27). The Hall–Kier alpha value is -2.74. The number of nitrogens with zero attached hydrogens (tertiary/aromatic N) is 1. The van der Waals surface area contributed by atoms with Gasteiger partial charge in [-0.25, -0.2) is 0 Å². The fourth-order valence-corrected chi connectivity index (χ4v) is 3.85. The van der Waals surface area contributed by atoms with Gasteiger partial charge in [-0.15, -0.1) is 0 Å². The lowest BCUT2D eigenvalue weighted by Crippen LogP contribution is -2.39. The minimum Gasteiger partial charge on any atom is -0.493 e. The third kappa shape index (κ3) is 4.32. The van der Waals surface area contributed by atoms with E-state index >= 15 is 0 Å². The molecule has 2 aromatic rings. The maximum atomic E-state index is 13.3. The third-order valence-electron chi connectivity index (χ3n) is 5.16. The zero-order chi connectivity index (χ0) is 21.2. The van der Waals surface area contributed by atoms with Gasteiger partial charge < -0.3 is 14.6 Å². The van der Waals surface area contributed by atoms with Crippen molar-refractivity contribution >= 4 is 5.97 Å². The number of carboxylic acids is 1. The number of likely N-dealkylation sites (tertiary alicyclic amines) is 1. The quantitative estimate of drug-likeness (QED) is 0.768. The van der Waals surface area contributed by atoms with Gasteiger partial charge in [-0.3, -0.25) is 9.69 Å². The highest BCUT2D eigenvalue weighted by molar-refractivity contribution is 5.74. The lowest BCUT2D eigenvalue weighted by atomic mass is 9.94. The predicted molar refractivity (Wildman–Crippen MR) is 100 cm³/mol. The van der Waals surface area contributed by atoms with Crippen molar-refractivity contribution in [3.8, 4) is 11.5 Å². The smallest absolute Gasteiger partial charge is 0.416 e. The summed E-state index contributed by atoms with van der Waals surface area (Å²) >= 11 is 0. The van der Waals surface area contributed by atoms with Crippen molar-refractivity contribution in [3.63, 3.8) is 0 Å². The fourth-order valence-electron chi connectivity index (χ4n) is 3.85. The molecule has 1 fully saturated rings. The van der Waals surface area contributed by atoms with E-state index in [1.165, 1.54) is 20.3 Å². The Balaban J connectivity index is 2.14. The summed E-state index contributed by atoms with van der Waals surface area (Å²) in [5.74, 6) is -0.0803. The van der Waals surface area contributed by atoms with E-state index in [0.717, 1.165) is 12.1 Å². The van der Waals surface area contributed by atoms with E-state index in [1.807, 2.05) is 0 Å². The van der Waals surface area contributed by atoms with Crippen LogP contribution in [0, 0.1) is 0 Å². The molecule has 2 unspecified atom stereocenters. The van der Waals surface area contributed by atoms with Crippen LogP contribution >= 0.6 is 0 Å². The van der Waals surface area contributed by atoms with Gasteiger partial charge in [-0.05, 0) is 48.2 Å². The van der Waals surface area contributed by atoms with Gasteiger partial charge in [0.05, 0.1) is 25.8 Å². The predicted octanol–water partition coefficient (Wildman–Crippen LogP) is 4.36. The Morgan fingerprint density at radius 1 is 1.10 bits per heavy atom. The van der Waals surface area contributed by atoms with Crippen LogP contribution in [0.5, 0.6) is 11.5 Å². The molecule has 0 radical (unpaired) electrons. The summed E-state index contributed by atoms with van der Waals surface area (Å²) in [6, 6.07) is 8.66. The number of hydrogen-bond donors (Lipinski definition) is 1. The van der Waals surface area contributed by atoms with Gasteiger partial charge >= 0.3 is 12.1 Å². The first kappa shape index (κ1) is 21.0. The van der Waals surface area contributed by atoms with Gasteiger partial charge in [-0.2, -0.15) is 13.2 Å². The maximum Gasteiger partial charge on any atom is 0.416 e. The Bertz CT molecular complexity index is 884. The monoisotopic (exact) mass is 409 g/mol. The molecule has 5 nitrogen and oxygen atoms in total. The second kappa shape index (κ2) is 8.32. The van der Waals surface area contributed by atoms with E-state index in [9.17, 15) is 23.1 Å². The van der Waals surface area contributed by atoms with Crippen LogP contribution < -0.4 is 9.47 Å². The first-order chi connectivity index (χ1) is 13.8. The molecule has 0 aromatic heterocycles. The lowest BCUT2D eigenvalue weighted by molar-refractivity contribution is -0.143. The number of carbonyl (C=O) groups is 1. The van der Waals surface area contributed by atoms with E-state index in [2.05, 4.69) is 0 Å². The van der Waals surface area contributed by atoms with Crippen LogP contribution in [-0.4, -0.2) is 42.8 Å². The van der Waals surface area contributed by atoms with Crippen LogP contribution in [0.3, 0.4) is 0 Å². The van der Waals surface area contributed by atoms with Crippen molar-refractivity contribution in [2.75, 3.05) is 20.8 Å². The summed E-state index contributed by atoms with van der Waals surface area (Å²) in [6.45, 7) is 0.465. The van der Waals surface area contributed by atoms with Crippen LogP contribution in [-0.2, 0) is 11.0 Å². The Morgan fingerprint density at radius 2 is 1.79 bits per heavy atom. The van der Waals surface area contributed by atoms with Crippen LogP contribution in [0.15, 0.2) is 42.5 Å². The Morgan fingerprint density at radius 3 is 2.41 bits per heavy atom. The molecular weight excluding hydrogens is 387 g/mol. The van der Waals surface area contributed by atoms with Crippen LogP contribution in [0.2, 0.25) is 0 Å². The highest BCUT2D eigenvalue weighted by atomic mass is 19.4. The average molecular weight is 409 g/mol. The molecule has 1 saturated heterocycles. The Kier molecular flexibility index (Phi) is 6.02. The summed E-state index contributed by atoms with van der Waals surface area (Å²) < 4.78 is 50.4. The second-order valence-corrected chi connectivity index (χ2v) is 6.87. The number of carboxylic acid groups (broad SMARTS) is 1. The SMILES string of the molecule is COc1ccc(C(c2cccc(C(F)(F)F)c2)N2CCCC2C(=O)O)cc1OC. The largest absolute Gasteiger partial charge is 0.493 e. The minimum atomic E-state index is -4.49. The van der Waals surface area contributed by atoms with Gasteiger partial charge in [-0.1, -0.05) is 18.2 Å². The molecule has 0 amide bonds. The van der Waals surface area contributed by atoms with Crippen LogP contribution in [0.4, 0.5) is 13.2 Å². The number of rotatable bonds is 6. The van der Waals surface area contributed by atoms with Crippen molar-refractivity contribution in [1.29, 1.82) is 0 Å². The first-order valence-electron chi connectivity index (χ1n) is 9.14. The summed E-state index contributed by atoms with van der Waals surface area (Å²) in [5.41, 5.74) is 0.238. The molecule has 1 aliphatic rings. The van der Waals surface area contributed by atoms with Gasteiger partial charge in [0.15, 0.2) is 11.5 Å². The normalized spacial score (nSPS) is 18.4. The van der Waals surface area contributed by atoms with E-state index in [0.29, 0.717) is 42.0 Å². The van der Waals surface area contributed by atoms with Gasteiger partial charge in [0, 0.05) is 6.54 Å². The molecule has 2 atom stereocenters. The van der Waals surface area contributed by atoms with E-state index in [4.69, 9.17) is 9.47 Å². The van der Waals surface area contributed by atoms with Crippen molar-refractivity contribution in [2.24, 2.45) is 0 Å². The van der Waals surface area contributed by atoms with Gasteiger partial charge in [0.2, 0.25) is 0 Å². The summed E-state index contributed by atoms with van der Waals surface area (Å²) in [6.07, 6.45) is -3.40. The van der Waals surface area contributed by atoms with E-state index in [1.54, 1.807) is 29.2 Å². The van der Waals surface area contributed by atoms with Crippen molar-refractivity contribution in [1.82, 2.24) is 4.90 Å². The molecule has 8 heteroatoms. The highest BCUT2D eigenvalue weighted by Crippen LogP contribution is 2.40. The summed E-state index contributed by atoms with van der Waals surface area (Å²) in [7, 11) is 2.96. The van der Waals surface area contributed by atoms with Crippen molar-refractivity contribution in [3.05, 3.63) is 59.2 Å². The van der Waals surface area contributed by atoms with Gasteiger partial charge in [0.25, 0.3) is 0 Å². The molecule has 0 bridgehead atoms. The molecule has 1 N–H and O–H groups in total. The number of ether oxygens (including phenoxy) is 2. The van der Waals surface area contributed by atoms with Crippen molar-refractivity contribution < 1.29 is 32.5 Å². The van der Waals surface area contributed by atoms with Crippen LogP contribution in [0.1, 0.15) is 35.6 Å². The summed E-state index contributed by atoms with van der Waals surface area (Å²) in [5, 5.41) is 9.63. The molecular formula is C21H22F3NO4. The Labute approximate surface area is 166 Å². The molecule has 3 rings (SSSR count). The molecule has 156 valence electrons. The lowest BCUT2D eigenvalue weighted by Gasteiger charge is -2.32. The molecule has 1 heterocycles. The maximum absolute atomic E-state index is 13.3. The van der Waals surface area contributed by atoms with E-state index in [-0.39, 0.29) is 0 Å². The van der Waals surface area contributed by atoms with E-state index < -0.39 is 29.8 Å². The molecule has 2 aromatic carbocycles. The molecule has 0 spiro atoms. The number of halogens is 3. The molecule has 0 saturated carbocycles. The zero-order valence-corrected chi connectivity index (χ0v) is 16.1. The average Bonchev–Trinajstić information content (AvgIpc) is 3.17. The minimum absolute atomic E-state index is 0.375. The molecule has 29 heavy (non-hydrogen) atoms. The molecule has 1 aliphatic heterocycles. The number of alkyl halides is 3. The number of aliphatic carboxylic acids is 1. The first-order valence-corrected chi connectivity index (χ1v) is 9.14. The number of methoxy groups -OCH3 is 2. The van der Waals surface area contributed by atoms with Crippen LogP contribution in [0.25, 0.3) is 0 Å². The number of hydrogen-bond acceptors (Lipinski definition) is 4. The topological polar surface area (TPSA) is 59.0 Å². The fraction of sp³-hybridized carbons (Fsp3) is 0.381. The number of benzene rings is 2. The third-order valence-corrected chi connectivity index (χ3v) is 5.16. The second-order valence-electron chi connectivity index (χ2n) is 6.87. The highest BCUT2D eigenvalue weighted by Gasteiger charge is 2.38. The summed E-state index contributed by atoms with van der Waals surface area (Å²) in [4.78, 5) is 13.5.